The van der Waals surface area contributed by atoms with Gasteiger partial charge in [0.1, 0.15) is 0 Å². The number of hydrogen-bond acceptors (Lipinski definition) is 1. The van der Waals surface area contributed by atoms with Crippen LogP contribution in [0.4, 0.5) is 0 Å². The highest BCUT2D eigenvalue weighted by molar-refractivity contribution is 5.44. The molecule has 0 aliphatic carbocycles. The third-order valence-corrected chi connectivity index (χ3v) is 2.06. The van der Waals surface area contributed by atoms with E-state index in [0.29, 0.717) is 0 Å². The van der Waals surface area contributed by atoms with Crippen LogP contribution in [0.25, 0.3) is 0 Å². The van der Waals surface area contributed by atoms with Gasteiger partial charge in [-0.3, -0.25) is 0 Å². The molecule has 0 N–H and O–H groups in total. The summed E-state index contributed by atoms with van der Waals surface area (Å²) in [6.45, 7) is 30.0. The van der Waals surface area contributed by atoms with Crippen LogP contribution < -0.4 is 0 Å². The molecule has 0 aromatic heterocycles. The minimum atomic E-state index is 1.14. The summed E-state index contributed by atoms with van der Waals surface area (Å²) in [4.78, 5) is 0. The second-order valence-corrected chi connectivity index (χ2v) is 4.14. The molecule has 0 saturated heterocycles. The van der Waals surface area contributed by atoms with Gasteiger partial charge in [0.15, 0.2) is 0 Å². The van der Waals surface area contributed by atoms with Gasteiger partial charge < -0.3 is 4.74 Å². The van der Waals surface area contributed by atoms with Crippen molar-refractivity contribution in [1.82, 2.24) is 0 Å². The first kappa shape index (κ1) is 39.8. The van der Waals surface area contributed by atoms with E-state index < -0.39 is 0 Å². The summed E-state index contributed by atoms with van der Waals surface area (Å²) in [6.07, 6.45) is 19.0. The summed E-state index contributed by atoms with van der Waals surface area (Å²) in [5.74, 6) is 0. The Balaban J connectivity index is -0.0000000550. The molecule has 0 fully saturated rings. The second-order valence-electron chi connectivity index (χ2n) is 4.14. The van der Waals surface area contributed by atoms with Gasteiger partial charge in [-0.2, -0.15) is 0 Å². The summed E-state index contributed by atoms with van der Waals surface area (Å²) >= 11 is 0. The number of ether oxygens (including phenoxy) is 1. The molecule has 0 aromatic rings. The van der Waals surface area contributed by atoms with Crippen molar-refractivity contribution in [2.45, 2.75) is 55.4 Å². The SMILES string of the molecule is C/C=C\C.C=C/C=C\C.C=CC.C=CC(=C\C)/C(C=C)=C/C.CC.COC. The Morgan fingerprint density at radius 1 is 0.630 bits per heavy atom. The molecule has 0 heterocycles. The zero-order valence-electron chi connectivity index (χ0n) is 20.0. The van der Waals surface area contributed by atoms with Crippen molar-refractivity contribution in [2.24, 2.45) is 0 Å². The molecular weight excluding hydrogens is 328 g/mol. The largest absolute Gasteiger partial charge is 0.388 e. The molecule has 0 amide bonds. The van der Waals surface area contributed by atoms with Crippen molar-refractivity contribution in [1.29, 1.82) is 0 Å². The molecule has 0 radical (unpaired) electrons. The third kappa shape index (κ3) is 68.9. The lowest BCUT2D eigenvalue weighted by atomic mass is 10.1. The van der Waals surface area contributed by atoms with Crippen molar-refractivity contribution in [3.05, 3.63) is 98.2 Å². The summed E-state index contributed by atoms with van der Waals surface area (Å²) in [7, 11) is 3.25. The first-order valence-corrected chi connectivity index (χ1v) is 9.32. The number of methoxy groups -OCH3 is 1. The van der Waals surface area contributed by atoms with Crippen molar-refractivity contribution in [3.8, 4) is 0 Å². The van der Waals surface area contributed by atoms with Gasteiger partial charge in [-0.05, 0) is 52.7 Å². The molecule has 0 unspecified atom stereocenters. The number of allylic oxidation sites excluding steroid dienone is 12. The maximum absolute atomic E-state index is 4.25. The zero-order chi connectivity index (χ0) is 22.9. The molecule has 0 aromatic carbocycles. The smallest absolute Gasteiger partial charge is 0.0351 e. The summed E-state index contributed by atoms with van der Waals surface area (Å²) < 4.78 is 4.25. The Labute approximate surface area is 172 Å². The lowest BCUT2D eigenvalue weighted by Gasteiger charge is -1.98. The van der Waals surface area contributed by atoms with Crippen LogP contribution in [-0.4, -0.2) is 14.2 Å². The van der Waals surface area contributed by atoms with E-state index in [9.17, 15) is 0 Å². The van der Waals surface area contributed by atoms with Crippen LogP contribution in [0.3, 0.4) is 0 Å². The minimum absolute atomic E-state index is 1.14. The van der Waals surface area contributed by atoms with E-state index in [1.807, 2.05) is 104 Å². The Hall–Kier alpha value is -2.12. The zero-order valence-corrected chi connectivity index (χ0v) is 20.0. The van der Waals surface area contributed by atoms with E-state index in [-0.39, 0.29) is 0 Å². The van der Waals surface area contributed by atoms with Gasteiger partial charge in [0.05, 0.1) is 0 Å². The van der Waals surface area contributed by atoms with E-state index in [1.165, 1.54) is 0 Å². The summed E-state index contributed by atoms with van der Waals surface area (Å²) in [6, 6.07) is 0. The van der Waals surface area contributed by atoms with Gasteiger partial charge >= 0.3 is 0 Å². The normalized spacial score (nSPS) is 9.26. The molecule has 0 bridgehead atoms. The molecule has 0 saturated carbocycles. The predicted octanol–water partition coefficient (Wildman–Crippen LogP) is 9.06. The Bertz CT molecular complexity index is 364. The number of rotatable bonds is 4. The molecule has 27 heavy (non-hydrogen) atoms. The third-order valence-electron chi connectivity index (χ3n) is 2.06. The van der Waals surface area contributed by atoms with Gasteiger partial charge in [0.25, 0.3) is 0 Å². The Kier molecular flexibility index (Phi) is 83.2. The van der Waals surface area contributed by atoms with Crippen LogP contribution in [0.15, 0.2) is 98.2 Å². The fraction of sp³-hybridized carbons (Fsp3) is 0.385. The summed E-state index contributed by atoms with van der Waals surface area (Å²) in [5.41, 5.74) is 2.27. The van der Waals surface area contributed by atoms with E-state index in [4.69, 9.17) is 0 Å². The number of hydrogen-bond donors (Lipinski definition) is 0. The van der Waals surface area contributed by atoms with Crippen molar-refractivity contribution >= 4 is 0 Å². The summed E-state index contributed by atoms with van der Waals surface area (Å²) in [5, 5.41) is 0. The van der Waals surface area contributed by atoms with Crippen molar-refractivity contribution in [3.63, 3.8) is 0 Å². The first-order valence-electron chi connectivity index (χ1n) is 9.32. The van der Waals surface area contributed by atoms with E-state index in [0.717, 1.165) is 11.1 Å². The molecule has 158 valence electrons. The minimum Gasteiger partial charge on any atom is -0.388 e. The molecule has 1 nitrogen and oxygen atoms in total. The molecule has 0 aliphatic rings. The van der Waals surface area contributed by atoms with E-state index in [2.05, 4.69) is 31.1 Å². The average Bonchev–Trinajstić information content (AvgIpc) is 2.70. The topological polar surface area (TPSA) is 9.23 Å². The molecule has 0 rings (SSSR count). The predicted molar refractivity (Wildman–Crippen MR) is 134 cm³/mol. The van der Waals surface area contributed by atoms with Crippen LogP contribution in [0.2, 0.25) is 0 Å². The second kappa shape index (κ2) is 56.5. The molecular formula is C26H48O. The Morgan fingerprint density at radius 3 is 0.926 bits per heavy atom. The van der Waals surface area contributed by atoms with Crippen LogP contribution in [0.1, 0.15) is 55.4 Å². The van der Waals surface area contributed by atoms with Crippen LogP contribution in [0, 0.1) is 0 Å². The van der Waals surface area contributed by atoms with Crippen LogP contribution >= 0.6 is 0 Å². The van der Waals surface area contributed by atoms with Crippen LogP contribution in [-0.2, 0) is 4.74 Å². The van der Waals surface area contributed by atoms with E-state index >= 15 is 0 Å². The lowest BCUT2D eigenvalue weighted by Crippen LogP contribution is -1.79. The maximum atomic E-state index is 4.25. The molecule has 0 atom stereocenters. The highest BCUT2D eigenvalue weighted by atomic mass is 16.4. The van der Waals surface area contributed by atoms with Gasteiger partial charge in [-0.1, -0.05) is 94.3 Å². The maximum Gasteiger partial charge on any atom is 0.0351 e. The lowest BCUT2D eigenvalue weighted by molar-refractivity contribution is 0.277. The van der Waals surface area contributed by atoms with Gasteiger partial charge in [0.2, 0.25) is 0 Å². The molecule has 0 spiro atoms. The fourth-order valence-corrected chi connectivity index (χ4v) is 0.941. The van der Waals surface area contributed by atoms with Crippen molar-refractivity contribution < 1.29 is 4.74 Å². The highest BCUT2D eigenvalue weighted by Crippen LogP contribution is 2.10. The highest BCUT2D eigenvalue weighted by Gasteiger charge is 1.91. The van der Waals surface area contributed by atoms with Gasteiger partial charge in [-0.15, -0.1) is 6.58 Å². The monoisotopic (exact) mass is 376 g/mol. The Morgan fingerprint density at radius 2 is 0.889 bits per heavy atom. The quantitative estimate of drug-likeness (QED) is 0.351. The fourth-order valence-electron chi connectivity index (χ4n) is 0.941. The molecule has 1 heteroatoms. The average molecular weight is 377 g/mol. The van der Waals surface area contributed by atoms with E-state index in [1.54, 1.807) is 26.4 Å². The molecule has 0 aliphatic heterocycles. The van der Waals surface area contributed by atoms with Gasteiger partial charge in [0, 0.05) is 14.2 Å². The van der Waals surface area contributed by atoms with Gasteiger partial charge in [-0.25, -0.2) is 0 Å². The van der Waals surface area contributed by atoms with Crippen LogP contribution in [0.5, 0.6) is 0 Å². The first-order chi connectivity index (χ1) is 13.0. The standard InChI is InChI=1S/C10H14.C5H8.C4H8.C3H6.C2H6O.C2H6/c1-5-9(6-2)10(7-3)8-4;1-3-5-4-2;1-3-4-2;2*1-3-2;1-2/h5-8H,1,3H2,2,4H3;3-5H,1H2,2H3;3-4H,1-2H3;3H,1H2,2H3;1-2H3;1-2H3/b9-6+,10-8+;5-4-;4-3-;;;. The van der Waals surface area contributed by atoms with Crippen molar-refractivity contribution in [2.75, 3.05) is 14.2 Å².